The van der Waals surface area contributed by atoms with E-state index in [0.29, 0.717) is 34.7 Å². The summed E-state index contributed by atoms with van der Waals surface area (Å²) in [6.45, 7) is 4.16. The molecule has 0 saturated heterocycles. The van der Waals surface area contributed by atoms with Crippen LogP contribution in [0.25, 0.3) is 10.9 Å². The minimum absolute atomic E-state index is 0.165. The molecule has 21 heavy (non-hydrogen) atoms. The first-order chi connectivity index (χ1) is 10.1. The van der Waals surface area contributed by atoms with Gasteiger partial charge in [0.05, 0.1) is 18.2 Å². The van der Waals surface area contributed by atoms with E-state index in [1.807, 2.05) is 32.1 Å². The fourth-order valence-electron chi connectivity index (χ4n) is 2.47. The van der Waals surface area contributed by atoms with Crippen molar-refractivity contribution in [1.29, 1.82) is 0 Å². The maximum absolute atomic E-state index is 12.4. The smallest absolute Gasteiger partial charge is 0.255 e. The number of H-pyrrole nitrogens is 1. The van der Waals surface area contributed by atoms with Gasteiger partial charge in [0.25, 0.3) is 5.56 Å². The molecule has 110 valence electrons. The van der Waals surface area contributed by atoms with Gasteiger partial charge in [0.15, 0.2) is 11.5 Å². The zero-order chi connectivity index (χ0) is 15.0. The molecule has 1 aliphatic heterocycles. The minimum atomic E-state index is -0.166. The number of allylic oxidation sites excluding steroid dienone is 2. The molecule has 5 nitrogen and oxygen atoms in total. The van der Waals surface area contributed by atoms with Crippen molar-refractivity contribution in [3.63, 3.8) is 0 Å². The highest BCUT2D eigenvalue weighted by atomic mass is 16.7. The first-order valence-corrected chi connectivity index (χ1v) is 6.76. The van der Waals surface area contributed by atoms with Crippen LogP contribution >= 0.6 is 0 Å². The third kappa shape index (κ3) is 2.24. The van der Waals surface area contributed by atoms with E-state index in [2.05, 4.69) is 4.98 Å². The molecule has 0 amide bonds. The first kappa shape index (κ1) is 13.5. The summed E-state index contributed by atoms with van der Waals surface area (Å²) >= 11 is 0. The van der Waals surface area contributed by atoms with Gasteiger partial charge in [0.2, 0.25) is 6.79 Å². The molecule has 0 radical (unpaired) electrons. The SMILES string of the molecule is COc1c(CC=C(C)C)c(=O)[nH]c2c3c(ccc12)OCO3. The fraction of sp³-hybridized carbons (Fsp3) is 0.312. The summed E-state index contributed by atoms with van der Waals surface area (Å²) in [5.41, 5.74) is 2.22. The number of nitrogens with one attached hydrogen (secondary N) is 1. The van der Waals surface area contributed by atoms with Gasteiger partial charge in [0.1, 0.15) is 5.75 Å². The molecule has 2 heterocycles. The van der Waals surface area contributed by atoms with E-state index >= 15 is 0 Å². The molecule has 0 unspecified atom stereocenters. The van der Waals surface area contributed by atoms with Gasteiger partial charge < -0.3 is 19.2 Å². The van der Waals surface area contributed by atoms with Crippen molar-refractivity contribution in [2.24, 2.45) is 0 Å². The minimum Gasteiger partial charge on any atom is -0.496 e. The summed E-state index contributed by atoms with van der Waals surface area (Å²) in [6, 6.07) is 3.71. The Morgan fingerprint density at radius 1 is 1.38 bits per heavy atom. The van der Waals surface area contributed by atoms with Crippen LogP contribution in [0.4, 0.5) is 0 Å². The van der Waals surface area contributed by atoms with E-state index in [4.69, 9.17) is 14.2 Å². The number of hydrogen-bond acceptors (Lipinski definition) is 4. The Kier molecular flexibility index (Phi) is 3.33. The van der Waals surface area contributed by atoms with Gasteiger partial charge in [-0.25, -0.2) is 0 Å². The standard InChI is InChI=1S/C16H17NO4/c1-9(2)4-5-11-14(19-3)10-6-7-12-15(21-8-20-12)13(10)17-16(11)18/h4,6-7H,5,8H2,1-3H3,(H,17,18). The van der Waals surface area contributed by atoms with Crippen molar-refractivity contribution in [3.8, 4) is 17.2 Å². The van der Waals surface area contributed by atoms with Crippen molar-refractivity contribution in [1.82, 2.24) is 4.98 Å². The number of rotatable bonds is 3. The third-order valence-electron chi connectivity index (χ3n) is 3.49. The lowest BCUT2D eigenvalue weighted by Crippen LogP contribution is -2.14. The Labute approximate surface area is 122 Å². The van der Waals surface area contributed by atoms with Gasteiger partial charge in [-0.2, -0.15) is 0 Å². The maximum Gasteiger partial charge on any atom is 0.255 e. The van der Waals surface area contributed by atoms with Crippen LogP contribution in [-0.2, 0) is 6.42 Å². The van der Waals surface area contributed by atoms with Gasteiger partial charge in [-0.3, -0.25) is 4.79 Å². The van der Waals surface area contributed by atoms with E-state index in [-0.39, 0.29) is 12.4 Å². The number of ether oxygens (including phenoxy) is 3. The van der Waals surface area contributed by atoms with Gasteiger partial charge in [-0.1, -0.05) is 11.6 Å². The van der Waals surface area contributed by atoms with Crippen molar-refractivity contribution in [2.45, 2.75) is 20.3 Å². The number of methoxy groups -OCH3 is 1. The molecular formula is C16H17NO4. The number of hydrogen-bond donors (Lipinski definition) is 1. The molecule has 0 bridgehead atoms. The molecule has 0 fully saturated rings. The van der Waals surface area contributed by atoms with E-state index in [0.717, 1.165) is 11.0 Å². The average Bonchev–Trinajstić information content (AvgIpc) is 2.93. The molecule has 1 aromatic carbocycles. The van der Waals surface area contributed by atoms with Crippen LogP contribution in [0.5, 0.6) is 17.2 Å². The molecule has 1 aliphatic rings. The lowest BCUT2D eigenvalue weighted by atomic mass is 10.1. The largest absolute Gasteiger partial charge is 0.496 e. The normalized spacial score (nSPS) is 12.5. The molecular weight excluding hydrogens is 270 g/mol. The van der Waals surface area contributed by atoms with Crippen LogP contribution in [0.3, 0.4) is 0 Å². The summed E-state index contributed by atoms with van der Waals surface area (Å²) in [6.07, 6.45) is 2.54. The summed E-state index contributed by atoms with van der Waals surface area (Å²) in [5, 5.41) is 0.818. The van der Waals surface area contributed by atoms with Crippen LogP contribution in [0.15, 0.2) is 28.6 Å². The quantitative estimate of drug-likeness (QED) is 0.882. The Morgan fingerprint density at radius 2 is 2.19 bits per heavy atom. The van der Waals surface area contributed by atoms with E-state index in [1.54, 1.807) is 7.11 Å². The molecule has 0 saturated carbocycles. The molecule has 0 aliphatic carbocycles. The Hall–Kier alpha value is -2.43. The first-order valence-electron chi connectivity index (χ1n) is 6.76. The van der Waals surface area contributed by atoms with E-state index < -0.39 is 0 Å². The second-order valence-corrected chi connectivity index (χ2v) is 5.17. The van der Waals surface area contributed by atoms with Crippen molar-refractivity contribution < 1.29 is 14.2 Å². The molecule has 0 atom stereocenters. The highest BCUT2D eigenvalue weighted by molar-refractivity contribution is 5.93. The topological polar surface area (TPSA) is 60.6 Å². The maximum atomic E-state index is 12.4. The van der Waals surface area contributed by atoms with Gasteiger partial charge in [0, 0.05) is 5.39 Å². The monoisotopic (exact) mass is 287 g/mol. The van der Waals surface area contributed by atoms with Crippen LogP contribution in [-0.4, -0.2) is 18.9 Å². The summed E-state index contributed by atoms with van der Waals surface area (Å²) in [7, 11) is 1.57. The summed E-state index contributed by atoms with van der Waals surface area (Å²) in [4.78, 5) is 15.3. The number of benzene rings is 1. The van der Waals surface area contributed by atoms with Crippen LogP contribution in [0, 0.1) is 0 Å². The highest BCUT2D eigenvalue weighted by Gasteiger charge is 2.21. The second kappa shape index (κ2) is 5.16. The second-order valence-electron chi connectivity index (χ2n) is 5.17. The number of fused-ring (bicyclic) bond motifs is 3. The van der Waals surface area contributed by atoms with Crippen LogP contribution < -0.4 is 19.8 Å². The molecule has 3 rings (SSSR count). The Morgan fingerprint density at radius 3 is 2.90 bits per heavy atom. The van der Waals surface area contributed by atoms with Crippen molar-refractivity contribution in [2.75, 3.05) is 13.9 Å². The van der Waals surface area contributed by atoms with Gasteiger partial charge in [-0.15, -0.1) is 0 Å². The van der Waals surface area contributed by atoms with Crippen LogP contribution in [0.1, 0.15) is 19.4 Å². The Bertz CT molecular complexity index is 785. The van der Waals surface area contributed by atoms with Gasteiger partial charge in [-0.05, 0) is 32.4 Å². The molecule has 1 N–H and O–H groups in total. The predicted molar refractivity (Wildman–Crippen MR) is 80.4 cm³/mol. The number of aromatic nitrogens is 1. The highest BCUT2D eigenvalue weighted by Crippen LogP contribution is 2.40. The zero-order valence-electron chi connectivity index (χ0n) is 12.3. The van der Waals surface area contributed by atoms with Crippen molar-refractivity contribution >= 4 is 10.9 Å². The fourth-order valence-corrected chi connectivity index (χ4v) is 2.47. The van der Waals surface area contributed by atoms with E-state index in [9.17, 15) is 4.79 Å². The zero-order valence-corrected chi connectivity index (χ0v) is 12.3. The van der Waals surface area contributed by atoms with Crippen LogP contribution in [0.2, 0.25) is 0 Å². The lowest BCUT2D eigenvalue weighted by Gasteiger charge is -2.11. The molecule has 1 aromatic heterocycles. The van der Waals surface area contributed by atoms with Crippen molar-refractivity contribution in [3.05, 3.63) is 39.7 Å². The number of pyridine rings is 1. The lowest BCUT2D eigenvalue weighted by molar-refractivity contribution is 0.174. The molecule has 5 heteroatoms. The Balaban J connectivity index is 2.27. The number of aromatic amines is 1. The van der Waals surface area contributed by atoms with E-state index in [1.165, 1.54) is 0 Å². The summed E-state index contributed by atoms with van der Waals surface area (Å²) < 4.78 is 16.3. The van der Waals surface area contributed by atoms with Gasteiger partial charge >= 0.3 is 0 Å². The third-order valence-corrected chi connectivity index (χ3v) is 3.49. The summed E-state index contributed by atoms with van der Waals surface area (Å²) in [5.74, 6) is 1.79. The predicted octanol–water partition coefficient (Wildman–Crippen LogP) is 2.77. The molecule has 0 spiro atoms. The molecule has 2 aromatic rings. The average molecular weight is 287 g/mol.